The number of aromatic nitrogens is 4. The minimum Gasteiger partial charge on any atom is -0.396 e. The second kappa shape index (κ2) is 6.14. The molecule has 0 atom stereocenters. The highest BCUT2D eigenvalue weighted by Gasteiger charge is 2.14. The summed E-state index contributed by atoms with van der Waals surface area (Å²) in [7, 11) is 0. The lowest BCUT2D eigenvalue weighted by molar-refractivity contribution is 0.0948. The van der Waals surface area contributed by atoms with Crippen LogP contribution in [-0.4, -0.2) is 32.0 Å². The third-order valence-electron chi connectivity index (χ3n) is 2.78. The highest BCUT2D eigenvalue weighted by molar-refractivity contribution is 5.96. The number of rotatable bonds is 5. The Bertz CT molecular complexity index is 579. The average molecular weight is 274 g/mol. The van der Waals surface area contributed by atoms with Gasteiger partial charge in [0.2, 0.25) is 0 Å². The molecule has 2 heterocycles. The SMILES string of the molecule is CC(C)c1ncc(N)c(C(=O)NCCn2ccnc2)n1. The van der Waals surface area contributed by atoms with Crippen molar-refractivity contribution in [3.05, 3.63) is 36.4 Å². The Balaban J connectivity index is 1.99. The van der Waals surface area contributed by atoms with Crippen molar-refractivity contribution >= 4 is 11.6 Å². The van der Waals surface area contributed by atoms with Crippen LogP contribution in [0.15, 0.2) is 24.9 Å². The summed E-state index contributed by atoms with van der Waals surface area (Å²) < 4.78 is 1.88. The Morgan fingerprint density at radius 1 is 1.50 bits per heavy atom. The minimum absolute atomic E-state index is 0.146. The zero-order valence-electron chi connectivity index (χ0n) is 11.6. The second-order valence-electron chi connectivity index (χ2n) is 4.74. The largest absolute Gasteiger partial charge is 0.396 e. The Kier molecular flexibility index (Phi) is 4.29. The molecule has 2 aromatic heterocycles. The van der Waals surface area contributed by atoms with E-state index in [1.165, 1.54) is 6.20 Å². The van der Waals surface area contributed by atoms with E-state index in [1.54, 1.807) is 12.5 Å². The van der Waals surface area contributed by atoms with Gasteiger partial charge in [0.1, 0.15) is 5.82 Å². The van der Waals surface area contributed by atoms with Crippen molar-refractivity contribution in [1.82, 2.24) is 24.8 Å². The normalized spacial score (nSPS) is 10.8. The number of nitrogens with one attached hydrogen (secondary N) is 1. The molecule has 2 aromatic rings. The molecule has 0 bridgehead atoms. The van der Waals surface area contributed by atoms with E-state index in [2.05, 4.69) is 20.3 Å². The summed E-state index contributed by atoms with van der Waals surface area (Å²) >= 11 is 0. The molecule has 0 saturated carbocycles. The van der Waals surface area contributed by atoms with Crippen LogP contribution >= 0.6 is 0 Å². The van der Waals surface area contributed by atoms with E-state index in [1.807, 2.05) is 24.6 Å². The maximum atomic E-state index is 12.1. The minimum atomic E-state index is -0.285. The van der Waals surface area contributed by atoms with Gasteiger partial charge in [0.15, 0.2) is 5.69 Å². The number of imidazole rings is 1. The van der Waals surface area contributed by atoms with E-state index in [9.17, 15) is 4.79 Å². The summed E-state index contributed by atoms with van der Waals surface area (Å²) in [6.45, 7) is 5.06. The van der Waals surface area contributed by atoms with Gasteiger partial charge in [0, 0.05) is 31.4 Å². The first-order valence-corrected chi connectivity index (χ1v) is 6.44. The zero-order chi connectivity index (χ0) is 14.5. The van der Waals surface area contributed by atoms with Crippen LogP contribution in [0.1, 0.15) is 36.1 Å². The van der Waals surface area contributed by atoms with Crippen LogP contribution in [0.5, 0.6) is 0 Å². The molecule has 106 valence electrons. The first-order valence-electron chi connectivity index (χ1n) is 6.44. The van der Waals surface area contributed by atoms with Crippen LogP contribution in [0, 0.1) is 0 Å². The van der Waals surface area contributed by atoms with Gasteiger partial charge in [-0.2, -0.15) is 0 Å². The second-order valence-corrected chi connectivity index (χ2v) is 4.74. The fourth-order valence-electron chi connectivity index (χ4n) is 1.67. The van der Waals surface area contributed by atoms with Crippen molar-refractivity contribution in [2.24, 2.45) is 0 Å². The van der Waals surface area contributed by atoms with Crippen molar-refractivity contribution in [1.29, 1.82) is 0 Å². The molecule has 0 fully saturated rings. The van der Waals surface area contributed by atoms with Gasteiger partial charge >= 0.3 is 0 Å². The summed E-state index contributed by atoms with van der Waals surface area (Å²) in [5.74, 6) is 0.471. The van der Waals surface area contributed by atoms with E-state index < -0.39 is 0 Å². The van der Waals surface area contributed by atoms with Crippen molar-refractivity contribution in [3.63, 3.8) is 0 Å². The molecule has 7 heteroatoms. The van der Waals surface area contributed by atoms with Crippen LogP contribution < -0.4 is 11.1 Å². The molecule has 3 N–H and O–H groups in total. The van der Waals surface area contributed by atoms with Crippen LogP contribution in [0.2, 0.25) is 0 Å². The highest BCUT2D eigenvalue weighted by Crippen LogP contribution is 2.13. The monoisotopic (exact) mass is 274 g/mol. The van der Waals surface area contributed by atoms with Gasteiger partial charge in [-0.3, -0.25) is 4.79 Å². The van der Waals surface area contributed by atoms with Gasteiger partial charge < -0.3 is 15.6 Å². The maximum Gasteiger partial charge on any atom is 0.272 e. The van der Waals surface area contributed by atoms with E-state index in [0.29, 0.717) is 18.9 Å². The third kappa shape index (κ3) is 3.31. The molecule has 0 saturated heterocycles. The number of hydrogen-bond acceptors (Lipinski definition) is 5. The fraction of sp³-hybridized carbons (Fsp3) is 0.385. The molecule has 0 aromatic carbocycles. The number of hydrogen-bond donors (Lipinski definition) is 2. The molecule has 0 unspecified atom stereocenters. The fourth-order valence-corrected chi connectivity index (χ4v) is 1.67. The lowest BCUT2D eigenvalue weighted by atomic mass is 10.2. The average Bonchev–Trinajstić information content (AvgIpc) is 2.92. The number of carbonyl (C=O) groups is 1. The van der Waals surface area contributed by atoms with E-state index >= 15 is 0 Å². The van der Waals surface area contributed by atoms with E-state index in [-0.39, 0.29) is 23.2 Å². The maximum absolute atomic E-state index is 12.1. The number of carbonyl (C=O) groups excluding carboxylic acids is 1. The van der Waals surface area contributed by atoms with Gasteiger partial charge in [-0.25, -0.2) is 15.0 Å². The number of nitrogens with zero attached hydrogens (tertiary/aromatic N) is 4. The summed E-state index contributed by atoms with van der Waals surface area (Å²) in [4.78, 5) is 24.3. The lowest BCUT2D eigenvalue weighted by Crippen LogP contribution is -2.29. The number of amides is 1. The summed E-state index contributed by atoms with van der Waals surface area (Å²) in [5.41, 5.74) is 6.27. The number of anilines is 1. The van der Waals surface area contributed by atoms with Crippen LogP contribution in [0.25, 0.3) is 0 Å². The van der Waals surface area contributed by atoms with E-state index in [4.69, 9.17) is 5.73 Å². The molecule has 0 radical (unpaired) electrons. The van der Waals surface area contributed by atoms with Crippen molar-refractivity contribution in [2.75, 3.05) is 12.3 Å². The van der Waals surface area contributed by atoms with E-state index in [0.717, 1.165) is 0 Å². The number of nitrogens with two attached hydrogens (primary N) is 1. The first-order chi connectivity index (χ1) is 9.58. The molecular weight excluding hydrogens is 256 g/mol. The predicted octanol–water partition coefficient (Wildman–Crippen LogP) is 0.809. The molecule has 7 nitrogen and oxygen atoms in total. The van der Waals surface area contributed by atoms with Crippen molar-refractivity contribution < 1.29 is 4.79 Å². The third-order valence-corrected chi connectivity index (χ3v) is 2.78. The van der Waals surface area contributed by atoms with Crippen molar-refractivity contribution in [3.8, 4) is 0 Å². The lowest BCUT2D eigenvalue weighted by Gasteiger charge is -2.09. The standard InChI is InChI=1S/C13H18N6O/c1-9(2)12-17-7-10(14)11(18-12)13(20)16-4-6-19-5-3-15-8-19/h3,5,7-9H,4,6,14H2,1-2H3,(H,16,20). The molecule has 0 spiro atoms. The van der Waals surface area contributed by atoms with Gasteiger partial charge in [0.05, 0.1) is 18.2 Å². The van der Waals surface area contributed by atoms with Gasteiger partial charge in [-0.1, -0.05) is 13.8 Å². The predicted molar refractivity (Wildman–Crippen MR) is 75.1 cm³/mol. The van der Waals surface area contributed by atoms with Gasteiger partial charge in [-0.15, -0.1) is 0 Å². The zero-order valence-corrected chi connectivity index (χ0v) is 11.6. The van der Waals surface area contributed by atoms with Gasteiger partial charge in [0.25, 0.3) is 5.91 Å². The topological polar surface area (TPSA) is 98.7 Å². The quantitative estimate of drug-likeness (QED) is 0.840. The Labute approximate surface area is 117 Å². The summed E-state index contributed by atoms with van der Waals surface area (Å²) in [5, 5.41) is 2.79. The summed E-state index contributed by atoms with van der Waals surface area (Å²) in [6.07, 6.45) is 6.70. The molecule has 1 amide bonds. The van der Waals surface area contributed by atoms with Crippen molar-refractivity contribution in [2.45, 2.75) is 26.3 Å². The summed E-state index contributed by atoms with van der Waals surface area (Å²) in [6, 6.07) is 0. The van der Waals surface area contributed by atoms with Crippen LogP contribution in [0.4, 0.5) is 5.69 Å². The molecule has 0 aliphatic heterocycles. The smallest absolute Gasteiger partial charge is 0.272 e. The molecule has 20 heavy (non-hydrogen) atoms. The first kappa shape index (κ1) is 14.0. The Morgan fingerprint density at radius 2 is 2.30 bits per heavy atom. The van der Waals surface area contributed by atoms with Gasteiger partial charge in [-0.05, 0) is 0 Å². The molecule has 0 aliphatic carbocycles. The molecule has 0 aliphatic rings. The molecular formula is C13H18N6O. The van der Waals surface area contributed by atoms with Crippen LogP contribution in [0.3, 0.4) is 0 Å². The highest BCUT2D eigenvalue weighted by atomic mass is 16.1. The Morgan fingerprint density at radius 3 is 2.95 bits per heavy atom. The van der Waals surface area contributed by atoms with Crippen LogP contribution in [-0.2, 0) is 6.54 Å². The number of nitrogen functional groups attached to an aromatic ring is 1. The Hall–Kier alpha value is -2.44. The molecule has 2 rings (SSSR count).